The summed E-state index contributed by atoms with van der Waals surface area (Å²) in [6, 6.07) is 6.12. The quantitative estimate of drug-likeness (QED) is 0.629. The fraction of sp³-hybridized carbons (Fsp3) is 0.500. The Morgan fingerprint density at radius 2 is 1.96 bits per heavy atom. The molecule has 2 aromatic rings. The van der Waals surface area contributed by atoms with Crippen LogP contribution in [0.5, 0.6) is 11.5 Å². The van der Waals surface area contributed by atoms with Crippen molar-refractivity contribution in [1.29, 1.82) is 0 Å². The highest BCUT2D eigenvalue weighted by Crippen LogP contribution is 2.33. The van der Waals surface area contributed by atoms with Gasteiger partial charge in [-0.1, -0.05) is 0 Å². The molecule has 1 saturated heterocycles. The lowest BCUT2D eigenvalue weighted by atomic mass is 9.98. The Bertz CT molecular complexity index is 777. The van der Waals surface area contributed by atoms with Crippen LogP contribution in [0.2, 0.25) is 0 Å². The summed E-state index contributed by atoms with van der Waals surface area (Å²) >= 11 is 1.74. The van der Waals surface area contributed by atoms with Gasteiger partial charge in [0.15, 0.2) is 5.96 Å². The molecule has 7 heteroatoms. The minimum atomic E-state index is 0.428. The highest BCUT2D eigenvalue weighted by molar-refractivity contribution is 7.11. The van der Waals surface area contributed by atoms with Crippen LogP contribution < -0.4 is 14.8 Å². The summed E-state index contributed by atoms with van der Waals surface area (Å²) in [5.74, 6) is 3.02. The summed E-state index contributed by atoms with van der Waals surface area (Å²) in [6.07, 6.45) is 1.08. The van der Waals surface area contributed by atoms with E-state index in [2.05, 4.69) is 46.2 Å². The zero-order valence-electron chi connectivity index (χ0n) is 16.7. The molecule has 0 aliphatic carbocycles. The third kappa shape index (κ3) is 4.53. The van der Waals surface area contributed by atoms with E-state index in [4.69, 9.17) is 9.47 Å². The topological polar surface area (TPSA) is 59.0 Å². The minimum Gasteiger partial charge on any atom is -0.497 e. The predicted molar refractivity (Wildman–Crippen MR) is 110 cm³/mol. The normalized spacial score (nSPS) is 17.3. The summed E-state index contributed by atoms with van der Waals surface area (Å²) in [7, 11) is 5.21. The van der Waals surface area contributed by atoms with Gasteiger partial charge in [0, 0.05) is 37.0 Å². The average Bonchev–Trinajstić information content (AvgIpc) is 3.29. The van der Waals surface area contributed by atoms with Gasteiger partial charge in [-0.05, 0) is 38.0 Å². The molecule has 1 aromatic carbocycles. The van der Waals surface area contributed by atoms with Crippen molar-refractivity contribution in [3.63, 3.8) is 0 Å². The lowest BCUT2D eigenvalue weighted by Gasteiger charge is -2.21. The number of hydrogen-bond acceptors (Lipinski definition) is 5. The first kappa shape index (κ1) is 19.5. The number of nitrogens with zero attached hydrogens (tertiary/aromatic N) is 3. The zero-order chi connectivity index (χ0) is 19.4. The predicted octanol–water partition coefficient (Wildman–Crippen LogP) is 3.34. The summed E-state index contributed by atoms with van der Waals surface area (Å²) in [6.45, 7) is 6.77. The first-order chi connectivity index (χ1) is 13.0. The molecule has 0 amide bonds. The van der Waals surface area contributed by atoms with Gasteiger partial charge in [0.25, 0.3) is 0 Å². The molecule has 1 aliphatic heterocycles. The molecule has 1 aliphatic rings. The molecule has 3 rings (SSSR count). The first-order valence-corrected chi connectivity index (χ1v) is 9.97. The van der Waals surface area contributed by atoms with Gasteiger partial charge >= 0.3 is 0 Å². The number of likely N-dealkylation sites (tertiary alicyclic amines) is 1. The van der Waals surface area contributed by atoms with Crippen LogP contribution in [0.25, 0.3) is 0 Å². The lowest BCUT2D eigenvalue weighted by molar-refractivity contribution is 0.392. The number of aromatic nitrogens is 1. The minimum absolute atomic E-state index is 0.428. The molecule has 1 N–H and O–H groups in total. The second-order valence-corrected chi connectivity index (χ2v) is 8.02. The van der Waals surface area contributed by atoms with Crippen molar-refractivity contribution >= 4 is 17.3 Å². The van der Waals surface area contributed by atoms with E-state index in [1.54, 1.807) is 25.6 Å². The summed E-state index contributed by atoms with van der Waals surface area (Å²) in [5, 5.41) is 4.56. The Kier molecular flexibility index (Phi) is 6.21. The third-order valence-electron chi connectivity index (χ3n) is 5.02. The fourth-order valence-corrected chi connectivity index (χ4v) is 4.27. The third-order valence-corrected chi connectivity index (χ3v) is 6.09. The molecule has 146 valence electrons. The maximum atomic E-state index is 5.42. The van der Waals surface area contributed by atoms with E-state index in [9.17, 15) is 0 Å². The van der Waals surface area contributed by atoms with Crippen molar-refractivity contribution in [2.75, 3.05) is 34.4 Å². The SMILES string of the molecule is CN=C(NCc1nc(C)c(C)s1)N1CCC(c2cc(OC)cc(OC)c2)C1. The van der Waals surface area contributed by atoms with Crippen LogP contribution in [0.4, 0.5) is 0 Å². The molecule has 1 atom stereocenters. The lowest BCUT2D eigenvalue weighted by Crippen LogP contribution is -2.39. The largest absolute Gasteiger partial charge is 0.497 e. The van der Waals surface area contributed by atoms with Gasteiger partial charge in [-0.15, -0.1) is 11.3 Å². The van der Waals surface area contributed by atoms with Crippen LogP contribution >= 0.6 is 11.3 Å². The molecule has 2 heterocycles. The smallest absolute Gasteiger partial charge is 0.194 e. The first-order valence-electron chi connectivity index (χ1n) is 9.15. The van der Waals surface area contributed by atoms with E-state index in [0.29, 0.717) is 12.5 Å². The van der Waals surface area contributed by atoms with Crippen molar-refractivity contribution in [2.24, 2.45) is 4.99 Å². The van der Waals surface area contributed by atoms with Gasteiger partial charge in [0.1, 0.15) is 16.5 Å². The molecule has 0 bridgehead atoms. The highest BCUT2D eigenvalue weighted by Gasteiger charge is 2.27. The van der Waals surface area contributed by atoms with E-state index in [1.165, 1.54) is 10.4 Å². The van der Waals surface area contributed by atoms with Crippen LogP contribution in [-0.2, 0) is 6.54 Å². The van der Waals surface area contributed by atoms with Gasteiger partial charge in [-0.25, -0.2) is 4.98 Å². The maximum Gasteiger partial charge on any atom is 0.194 e. The van der Waals surface area contributed by atoms with Crippen LogP contribution in [0.3, 0.4) is 0 Å². The summed E-state index contributed by atoms with van der Waals surface area (Å²) in [4.78, 5) is 12.6. The molecule has 1 fully saturated rings. The number of methoxy groups -OCH3 is 2. The number of ether oxygens (including phenoxy) is 2. The zero-order valence-corrected chi connectivity index (χ0v) is 17.5. The van der Waals surface area contributed by atoms with Gasteiger partial charge in [-0.2, -0.15) is 0 Å². The van der Waals surface area contributed by atoms with Crippen LogP contribution in [0, 0.1) is 13.8 Å². The fourth-order valence-electron chi connectivity index (χ4n) is 3.39. The van der Waals surface area contributed by atoms with Crippen LogP contribution in [0.1, 0.15) is 33.5 Å². The van der Waals surface area contributed by atoms with E-state index in [-0.39, 0.29) is 0 Å². The number of rotatable bonds is 5. The molecule has 0 radical (unpaired) electrons. The highest BCUT2D eigenvalue weighted by atomic mass is 32.1. The number of hydrogen-bond donors (Lipinski definition) is 1. The van der Waals surface area contributed by atoms with Crippen molar-refractivity contribution in [2.45, 2.75) is 32.7 Å². The molecule has 0 saturated carbocycles. The van der Waals surface area contributed by atoms with Crippen molar-refractivity contribution in [3.05, 3.63) is 39.3 Å². The van der Waals surface area contributed by atoms with E-state index < -0.39 is 0 Å². The van der Waals surface area contributed by atoms with Crippen LogP contribution in [-0.4, -0.2) is 50.2 Å². The second-order valence-electron chi connectivity index (χ2n) is 6.73. The van der Waals surface area contributed by atoms with E-state index in [0.717, 1.165) is 47.7 Å². The van der Waals surface area contributed by atoms with Gasteiger partial charge in [0.05, 0.1) is 26.5 Å². The van der Waals surface area contributed by atoms with E-state index >= 15 is 0 Å². The monoisotopic (exact) mass is 388 g/mol. The Balaban J connectivity index is 1.65. The molecule has 27 heavy (non-hydrogen) atoms. The van der Waals surface area contributed by atoms with Gasteiger partial charge in [0.2, 0.25) is 0 Å². The van der Waals surface area contributed by atoms with Crippen molar-refractivity contribution in [1.82, 2.24) is 15.2 Å². The maximum absolute atomic E-state index is 5.42. The van der Waals surface area contributed by atoms with E-state index in [1.807, 2.05) is 13.1 Å². The summed E-state index contributed by atoms with van der Waals surface area (Å²) < 4.78 is 10.8. The molecule has 0 spiro atoms. The number of nitrogens with one attached hydrogen (secondary N) is 1. The number of aryl methyl sites for hydroxylation is 2. The van der Waals surface area contributed by atoms with Gasteiger partial charge < -0.3 is 19.7 Å². The van der Waals surface area contributed by atoms with Crippen molar-refractivity contribution in [3.8, 4) is 11.5 Å². The number of thiazole rings is 1. The number of guanidine groups is 1. The molecular formula is C20H28N4O2S. The average molecular weight is 389 g/mol. The Morgan fingerprint density at radius 1 is 1.26 bits per heavy atom. The Morgan fingerprint density at radius 3 is 2.52 bits per heavy atom. The Labute approximate surface area is 165 Å². The molecule has 1 aromatic heterocycles. The van der Waals surface area contributed by atoms with Crippen molar-refractivity contribution < 1.29 is 9.47 Å². The molecule has 1 unspecified atom stereocenters. The van der Waals surface area contributed by atoms with Crippen LogP contribution in [0.15, 0.2) is 23.2 Å². The van der Waals surface area contributed by atoms with Gasteiger partial charge in [-0.3, -0.25) is 4.99 Å². The Hall–Kier alpha value is -2.28. The number of benzene rings is 1. The number of aliphatic imine (C=N–C) groups is 1. The summed E-state index contributed by atoms with van der Waals surface area (Å²) in [5.41, 5.74) is 2.36. The standard InChI is InChI=1S/C20H28N4O2S/c1-13-14(2)27-19(23-13)11-22-20(21-3)24-7-6-15(12-24)16-8-17(25-4)10-18(9-16)26-5/h8-10,15H,6-7,11-12H2,1-5H3,(H,21,22). The molecule has 6 nitrogen and oxygen atoms in total. The molecular weight excluding hydrogens is 360 g/mol. The second kappa shape index (κ2) is 8.61.